The van der Waals surface area contributed by atoms with E-state index in [-0.39, 0.29) is 5.04 Å². The van der Waals surface area contributed by atoms with Crippen LogP contribution in [0, 0.1) is 0 Å². The Morgan fingerprint density at radius 2 is 1.67 bits per heavy atom. The lowest BCUT2D eigenvalue weighted by molar-refractivity contribution is 0.384. The summed E-state index contributed by atoms with van der Waals surface area (Å²) in [5, 5.41) is 0.134. The van der Waals surface area contributed by atoms with Gasteiger partial charge >= 0.3 is 0 Å². The van der Waals surface area contributed by atoms with E-state index in [4.69, 9.17) is 13.9 Å². The molecule has 0 fully saturated rings. The van der Waals surface area contributed by atoms with Crippen molar-refractivity contribution in [3.8, 4) is 17.2 Å². The Bertz CT molecular complexity index is 501. The van der Waals surface area contributed by atoms with Crippen molar-refractivity contribution in [1.29, 1.82) is 0 Å². The minimum Gasteiger partial charge on any atom is -0.543 e. The van der Waals surface area contributed by atoms with Crippen LogP contribution in [0.2, 0.25) is 18.1 Å². The van der Waals surface area contributed by atoms with E-state index in [1.165, 1.54) is 0 Å². The average Bonchev–Trinajstić information content (AvgIpc) is 2.38. The van der Waals surface area contributed by atoms with Crippen LogP contribution in [-0.2, 0) is 6.42 Å². The maximum Gasteiger partial charge on any atom is 0.250 e. The van der Waals surface area contributed by atoms with Crippen LogP contribution in [-0.4, -0.2) is 22.5 Å². The highest BCUT2D eigenvalue weighted by atomic mass is 28.4. The van der Waals surface area contributed by atoms with Crippen LogP contribution in [0.4, 0.5) is 0 Å². The molecule has 0 aliphatic carbocycles. The van der Waals surface area contributed by atoms with Crippen LogP contribution in [0.3, 0.4) is 0 Å². The van der Waals surface area contributed by atoms with E-state index in [0.29, 0.717) is 6.42 Å². The third-order valence-corrected chi connectivity index (χ3v) is 8.46. The van der Waals surface area contributed by atoms with Gasteiger partial charge < -0.3 is 13.9 Å². The van der Waals surface area contributed by atoms with Crippen LogP contribution < -0.4 is 13.9 Å². The first-order chi connectivity index (χ1) is 9.66. The van der Waals surface area contributed by atoms with Gasteiger partial charge in [-0.1, -0.05) is 26.8 Å². The third kappa shape index (κ3) is 4.03. The standard InChI is InChI=1S/C17H28O3Si/c1-9-10-14-15(19-6)11-13(18-5)12-16(14)20-21(7,8)17(2,3)4/h9,11-12H,1,10H2,2-8H3. The second-order valence-electron chi connectivity index (χ2n) is 6.66. The van der Waals surface area contributed by atoms with E-state index in [1.807, 2.05) is 18.2 Å². The number of hydrogen-bond acceptors (Lipinski definition) is 3. The Kier molecular flexibility index (Phi) is 5.51. The molecule has 0 saturated carbocycles. The Morgan fingerprint density at radius 1 is 1.10 bits per heavy atom. The molecule has 21 heavy (non-hydrogen) atoms. The number of hydrogen-bond donors (Lipinski definition) is 0. The lowest BCUT2D eigenvalue weighted by Gasteiger charge is -2.37. The molecule has 0 atom stereocenters. The second-order valence-corrected chi connectivity index (χ2v) is 11.4. The molecule has 0 aromatic heterocycles. The molecular weight excluding hydrogens is 280 g/mol. The Morgan fingerprint density at radius 3 is 2.10 bits per heavy atom. The molecule has 118 valence electrons. The van der Waals surface area contributed by atoms with Crippen LogP contribution in [0.5, 0.6) is 17.2 Å². The predicted molar refractivity (Wildman–Crippen MR) is 91.3 cm³/mol. The molecule has 0 unspecified atom stereocenters. The Hall–Kier alpha value is -1.42. The van der Waals surface area contributed by atoms with Crippen molar-refractivity contribution in [3.05, 3.63) is 30.4 Å². The summed E-state index contributed by atoms with van der Waals surface area (Å²) in [6.07, 6.45) is 2.57. The van der Waals surface area contributed by atoms with Gasteiger partial charge in [0.15, 0.2) is 0 Å². The molecule has 0 N–H and O–H groups in total. The quantitative estimate of drug-likeness (QED) is 0.557. The van der Waals surface area contributed by atoms with Gasteiger partial charge in [0, 0.05) is 17.7 Å². The summed E-state index contributed by atoms with van der Waals surface area (Å²) in [5.74, 6) is 2.37. The summed E-state index contributed by atoms with van der Waals surface area (Å²) in [7, 11) is 1.39. The van der Waals surface area contributed by atoms with Gasteiger partial charge in [0.1, 0.15) is 17.2 Å². The van der Waals surface area contributed by atoms with Gasteiger partial charge in [-0.3, -0.25) is 0 Å². The molecule has 0 aliphatic heterocycles. The van der Waals surface area contributed by atoms with E-state index in [2.05, 4.69) is 40.4 Å². The first-order valence-electron chi connectivity index (χ1n) is 7.21. The maximum atomic E-state index is 6.47. The third-order valence-electron chi connectivity index (χ3n) is 4.12. The van der Waals surface area contributed by atoms with Crippen molar-refractivity contribution in [2.45, 2.75) is 45.3 Å². The largest absolute Gasteiger partial charge is 0.543 e. The summed E-state index contributed by atoms with van der Waals surface area (Å²) >= 11 is 0. The van der Waals surface area contributed by atoms with Crippen LogP contribution in [0.25, 0.3) is 0 Å². The SMILES string of the molecule is C=CCc1c(OC)cc(OC)cc1O[Si](C)(C)C(C)(C)C. The highest BCUT2D eigenvalue weighted by Crippen LogP contribution is 2.41. The van der Waals surface area contributed by atoms with E-state index in [0.717, 1.165) is 22.8 Å². The Balaban J connectivity index is 3.35. The fraction of sp³-hybridized carbons (Fsp3) is 0.529. The number of methoxy groups -OCH3 is 2. The number of rotatable bonds is 6. The van der Waals surface area contributed by atoms with Gasteiger partial charge in [0.25, 0.3) is 0 Å². The molecule has 1 aromatic rings. The van der Waals surface area contributed by atoms with E-state index >= 15 is 0 Å². The second kappa shape index (κ2) is 6.56. The fourth-order valence-electron chi connectivity index (χ4n) is 1.76. The van der Waals surface area contributed by atoms with Gasteiger partial charge in [-0.25, -0.2) is 0 Å². The fourth-order valence-corrected chi connectivity index (χ4v) is 2.80. The molecule has 1 aromatic carbocycles. The highest BCUT2D eigenvalue weighted by molar-refractivity contribution is 6.74. The molecule has 4 heteroatoms. The summed E-state index contributed by atoms with van der Waals surface area (Å²) in [4.78, 5) is 0. The van der Waals surface area contributed by atoms with Crippen LogP contribution in [0.15, 0.2) is 24.8 Å². The van der Waals surface area contributed by atoms with Crippen molar-refractivity contribution < 1.29 is 13.9 Å². The summed E-state index contributed by atoms with van der Waals surface area (Å²) < 4.78 is 17.3. The van der Waals surface area contributed by atoms with Crippen LogP contribution in [0.1, 0.15) is 26.3 Å². The first-order valence-corrected chi connectivity index (χ1v) is 10.1. The van der Waals surface area contributed by atoms with Crippen molar-refractivity contribution in [3.63, 3.8) is 0 Å². The Labute approximate surface area is 130 Å². The van der Waals surface area contributed by atoms with Gasteiger partial charge in [0.2, 0.25) is 8.32 Å². The summed E-state index contributed by atoms with van der Waals surface area (Å²) in [5.41, 5.74) is 1.03. The van der Waals surface area contributed by atoms with Gasteiger partial charge in [0.05, 0.1) is 14.2 Å². The van der Waals surface area contributed by atoms with Crippen molar-refractivity contribution in [1.82, 2.24) is 0 Å². The smallest absolute Gasteiger partial charge is 0.250 e. The van der Waals surface area contributed by atoms with Crippen LogP contribution >= 0.6 is 0 Å². The van der Waals surface area contributed by atoms with E-state index < -0.39 is 8.32 Å². The molecule has 3 nitrogen and oxygen atoms in total. The minimum absolute atomic E-state index is 0.134. The zero-order valence-electron chi connectivity index (χ0n) is 14.4. The molecular formula is C17H28O3Si. The summed E-state index contributed by atoms with van der Waals surface area (Å²) in [6.45, 7) is 15.0. The molecule has 0 bridgehead atoms. The first kappa shape index (κ1) is 17.6. The zero-order valence-corrected chi connectivity index (χ0v) is 15.4. The minimum atomic E-state index is -1.92. The molecule has 0 amide bonds. The summed E-state index contributed by atoms with van der Waals surface area (Å²) in [6, 6.07) is 3.83. The topological polar surface area (TPSA) is 27.7 Å². The van der Waals surface area contributed by atoms with Crippen molar-refractivity contribution >= 4 is 8.32 Å². The normalized spacial score (nSPS) is 12.0. The van der Waals surface area contributed by atoms with Crippen molar-refractivity contribution in [2.75, 3.05) is 14.2 Å². The van der Waals surface area contributed by atoms with Gasteiger partial charge in [-0.05, 0) is 24.6 Å². The lowest BCUT2D eigenvalue weighted by Crippen LogP contribution is -2.44. The number of benzene rings is 1. The average molecular weight is 308 g/mol. The van der Waals surface area contributed by atoms with E-state index in [1.54, 1.807) is 14.2 Å². The molecule has 0 heterocycles. The monoisotopic (exact) mass is 308 g/mol. The predicted octanol–water partition coefficient (Wildman–Crippen LogP) is 4.82. The van der Waals surface area contributed by atoms with E-state index in [9.17, 15) is 0 Å². The number of allylic oxidation sites excluding steroid dienone is 1. The molecule has 0 spiro atoms. The molecule has 0 saturated heterocycles. The molecule has 0 aliphatic rings. The maximum absolute atomic E-state index is 6.47. The highest BCUT2D eigenvalue weighted by Gasteiger charge is 2.39. The zero-order chi connectivity index (χ0) is 16.3. The number of ether oxygens (including phenoxy) is 2. The molecule has 0 radical (unpaired) electrons. The molecule has 1 rings (SSSR count). The van der Waals surface area contributed by atoms with Gasteiger partial charge in [-0.2, -0.15) is 0 Å². The van der Waals surface area contributed by atoms with Gasteiger partial charge in [-0.15, -0.1) is 6.58 Å². The lowest BCUT2D eigenvalue weighted by atomic mass is 10.1. The van der Waals surface area contributed by atoms with Crippen molar-refractivity contribution in [2.24, 2.45) is 0 Å².